The molecule has 2 fully saturated rings. The molecule has 2 saturated carbocycles. The first-order valence-electron chi connectivity index (χ1n) is 4.72. The molecule has 2 aliphatic carbocycles. The van der Waals surface area contributed by atoms with Crippen LogP contribution in [0.5, 0.6) is 0 Å². The highest BCUT2D eigenvalue weighted by Gasteiger charge is 2.46. The van der Waals surface area contributed by atoms with E-state index in [-0.39, 0.29) is 30.7 Å². The topological polar surface area (TPSA) is 26.0 Å². The fraction of sp³-hybridized carbons (Fsp3) is 1.00. The zero-order chi connectivity index (χ0) is 8.77. The number of hydrogen-bond acceptors (Lipinski definition) is 1. The Kier molecular flexibility index (Phi) is 1.86. The van der Waals surface area contributed by atoms with Crippen LogP contribution in [0.25, 0.3) is 0 Å². The van der Waals surface area contributed by atoms with Crippen molar-refractivity contribution in [1.29, 1.82) is 0 Å². The molecule has 0 aromatic heterocycles. The molecule has 70 valence electrons. The average Bonchev–Trinajstić information content (AvgIpc) is 1.92. The summed E-state index contributed by atoms with van der Waals surface area (Å²) >= 11 is 0. The van der Waals surface area contributed by atoms with E-state index in [4.69, 9.17) is 5.73 Å². The number of nitrogens with two attached hydrogens (primary N) is 1. The maximum atomic E-state index is 13.0. The van der Waals surface area contributed by atoms with Crippen molar-refractivity contribution in [3.05, 3.63) is 0 Å². The predicted molar refractivity (Wildman–Crippen MR) is 43.0 cm³/mol. The van der Waals surface area contributed by atoms with Gasteiger partial charge in [-0.1, -0.05) is 6.42 Å². The largest absolute Gasteiger partial charge is 0.327 e. The Morgan fingerprint density at radius 1 is 1.08 bits per heavy atom. The minimum Gasteiger partial charge on any atom is -0.327 e. The molecule has 2 aliphatic rings. The summed E-state index contributed by atoms with van der Waals surface area (Å²) in [6.07, 6.45) is 2.98. The molecule has 3 heteroatoms. The first-order chi connectivity index (χ1) is 5.58. The lowest BCUT2D eigenvalue weighted by Crippen LogP contribution is -2.49. The summed E-state index contributed by atoms with van der Waals surface area (Å²) in [6, 6.07) is 0.0541. The summed E-state index contributed by atoms with van der Waals surface area (Å²) < 4.78 is 26.1. The lowest BCUT2D eigenvalue weighted by atomic mass is 9.67. The maximum absolute atomic E-state index is 13.0. The molecule has 0 heterocycles. The predicted octanol–water partition coefficient (Wildman–Crippen LogP) is 2.16. The molecule has 2 bridgehead atoms. The molecule has 0 saturated heterocycles. The highest BCUT2D eigenvalue weighted by atomic mass is 19.3. The first-order valence-corrected chi connectivity index (χ1v) is 4.72. The van der Waals surface area contributed by atoms with Crippen molar-refractivity contribution in [1.82, 2.24) is 0 Å². The van der Waals surface area contributed by atoms with Crippen molar-refractivity contribution in [3.8, 4) is 0 Å². The summed E-state index contributed by atoms with van der Waals surface area (Å²) in [4.78, 5) is 0. The Hall–Kier alpha value is -0.180. The number of alkyl halides is 2. The summed E-state index contributed by atoms with van der Waals surface area (Å²) in [7, 11) is 0. The van der Waals surface area contributed by atoms with Gasteiger partial charge in [-0.25, -0.2) is 8.78 Å². The van der Waals surface area contributed by atoms with Crippen molar-refractivity contribution < 1.29 is 8.78 Å². The highest BCUT2D eigenvalue weighted by molar-refractivity contribution is 4.95. The van der Waals surface area contributed by atoms with Crippen molar-refractivity contribution in [3.63, 3.8) is 0 Å². The monoisotopic (exact) mass is 175 g/mol. The van der Waals surface area contributed by atoms with E-state index >= 15 is 0 Å². The Morgan fingerprint density at radius 2 is 1.58 bits per heavy atom. The molecule has 0 spiro atoms. The summed E-state index contributed by atoms with van der Waals surface area (Å²) in [6.45, 7) is 0. The van der Waals surface area contributed by atoms with Crippen LogP contribution < -0.4 is 5.73 Å². The van der Waals surface area contributed by atoms with E-state index in [1.807, 2.05) is 0 Å². The Bertz CT molecular complexity index is 165. The summed E-state index contributed by atoms with van der Waals surface area (Å²) in [5, 5.41) is 0. The number of rotatable bonds is 0. The van der Waals surface area contributed by atoms with Gasteiger partial charge in [0.25, 0.3) is 0 Å². The third-order valence-corrected chi connectivity index (χ3v) is 3.36. The Balaban J connectivity index is 2.12. The fourth-order valence-electron chi connectivity index (χ4n) is 2.74. The second-order valence-corrected chi connectivity index (χ2v) is 4.29. The molecule has 2 N–H and O–H groups in total. The van der Waals surface area contributed by atoms with E-state index in [1.165, 1.54) is 0 Å². The van der Waals surface area contributed by atoms with Crippen molar-refractivity contribution in [2.45, 2.75) is 44.1 Å². The molecule has 0 aromatic rings. The molecule has 0 radical (unpaired) electrons. The van der Waals surface area contributed by atoms with Crippen LogP contribution in [0.1, 0.15) is 32.1 Å². The Labute approximate surface area is 71.3 Å². The van der Waals surface area contributed by atoms with Crippen molar-refractivity contribution in [2.24, 2.45) is 17.6 Å². The molecule has 2 rings (SSSR count). The zero-order valence-electron chi connectivity index (χ0n) is 7.10. The minimum atomic E-state index is -2.42. The standard InChI is InChI=1S/C9H15F2N/c10-9(11)4-6-2-1-3-7(5-9)8(6)12/h6-8H,1-5,12H2. The van der Waals surface area contributed by atoms with Gasteiger partial charge in [-0.05, 0) is 24.7 Å². The number of halogens is 2. The molecule has 0 amide bonds. The van der Waals surface area contributed by atoms with E-state index in [1.54, 1.807) is 0 Å². The van der Waals surface area contributed by atoms with Gasteiger partial charge in [-0.15, -0.1) is 0 Å². The van der Waals surface area contributed by atoms with Gasteiger partial charge < -0.3 is 5.73 Å². The van der Waals surface area contributed by atoms with Crippen LogP contribution in [-0.2, 0) is 0 Å². The summed E-state index contributed by atoms with van der Waals surface area (Å²) in [5.74, 6) is -2.24. The fourth-order valence-corrected chi connectivity index (χ4v) is 2.74. The van der Waals surface area contributed by atoms with Gasteiger partial charge >= 0.3 is 0 Å². The molecular formula is C9H15F2N. The average molecular weight is 175 g/mol. The van der Waals surface area contributed by atoms with Crippen LogP contribution in [0.2, 0.25) is 0 Å². The van der Waals surface area contributed by atoms with Gasteiger partial charge in [0.2, 0.25) is 5.92 Å². The normalized spacial score (nSPS) is 45.8. The van der Waals surface area contributed by atoms with Crippen LogP contribution in [0.3, 0.4) is 0 Å². The van der Waals surface area contributed by atoms with E-state index in [0.717, 1.165) is 19.3 Å². The molecule has 0 aromatic carbocycles. The van der Waals surface area contributed by atoms with E-state index < -0.39 is 5.92 Å². The lowest BCUT2D eigenvalue weighted by molar-refractivity contribution is -0.0920. The van der Waals surface area contributed by atoms with Gasteiger partial charge in [-0.2, -0.15) is 0 Å². The third-order valence-electron chi connectivity index (χ3n) is 3.36. The lowest BCUT2D eigenvalue weighted by Gasteiger charge is -2.43. The van der Waals surface area contributed by atoms with Crippen LogP contribution >= 0.6 is 0 Å². The molecule has 1 nitrogen and oxygen atoms in total. The van der Waals surface area contributed by atoms with Crippen LogP contribution in [0, 0.1) is 11.8 Å². The minimum absolute atomic E-state index is 0.0324. The van der Waals surface area contributed by atoms with Gasteiger partial charge in [0.15, 0.2) is 0 Å². The highest BCUT2D eigenvalue weighted by Crippen LogP contribution is 2.46. The van der Waals surface area contributed by atoms with Gasteiger partial charge in [-0.3, -0.25) is 0 Å². The third kappa shape index (κ3) is 1.35. The summed E-state index contributed by atoms with van der Waals surface area (Å²) in [5.41, 5.74) is 5.87. The van der Waals surface area contributed by atoms with E-state index in [2.05, 4.69) is 0 Å². The molecule has 2 atom stereocenters. The molecule has 2 unspecified atom stereocenters. The second kappa shape index (κ2) is 2.66. The molecule has 12 heavy (non-hydrogen) atoms. The quantitative estimate of drug-likeness (QED) is 0.600. The smallest absolute Gasteiger partial charge is 0.248 e. The Morgan fingerprint density at radius 3 is 2.08 bits per heavy atom. The second-order valence-electron chi connectivity index (χ2n) is 4.29. The van der Waals surface area contributed by atoms with Gasteiger partial charge in [0, 0.05) is 18.9 Å². The SMILES string of the molecule is NC1C2CCCC1CC(F)(F)C2. The van der Waals surface area contributed by atoms with Crippen molar-refractivity contribution in [2.75, 3.05) is 0 Å². The maximum Gasteiger partial charge on any atom is 0.248 e. The zero-order valence-corrected chi connectivity index (χ0v) is 7.10. The van der Waals surface area contributed by atoms with Crippen molar-refractivity contribution >= 4 is 0 Å². The first kappa shape index (κ1) is 8.42. The molecule has 0 aliphatic heterocycles. The molecular weight excluding hydrogens is 160 g/mol. The van der Waals surface area contributed by atoms with Crippen LogP contribution in [-0.4, -0.2) is 12.0 Å². The van der Waals surface area contributed by atoms with Crippen LogP contribution in [0.15, 0.2) is 0 Å². The van der Waals surface area contributed by atoms with E-state index in [0.29, 0.717) is 0 Å². The van der Waals surface area contributed by atoms with Crippen LogP contribution in [0.4, 0.5) is 8.78 Å². The number of hydrogen-bond donors (Lipinski definition) is 1. The van der Waals surface area contributed by atoms with Gasteiger partial charge in [0.05, 0.1) is 0 Å². The van der Waals surface area contributed by atoms with E-state index in [9.17, 15) is 8.78 Å². The van der Waals surface area contributed by atoms with Gasteiger partial charge in [0.1, 0.15) is 0 Å². The number of fused-ring (bicyclic) bond motifs is 2.